The first-order chi connectivity index (χ1) is 6.68. The lowest BCUT2D eigenvalue weighted by atomic mass is 10.2. The Bertz CT molecular complexity index is 157. The second-order valence-corrected chi connectivity index (χ2v) is 3.51. The number of carbonyl (C=O) groups is 1. The number of rotatable bonds is 4. The molecule has 1 aliphatic rings. The van der Waals surface area contributed by atoms with E-state index in [9.17, 15) is 4.79 Å². The Morgan fingerprint density at radius 2 is 2.14 bits per heavy atom. The second kappa shape index (κ2) is 7.80. The maximum absolute atomic E-state index is 10.8. The Balaban J connectivity index is 0.000000791. The maximum atomic E-state index is 10.8. The summed E-state index contributed by atoms with van der Waals surface area (Å²) in [4.78, 5) is 10.8. The minimum absolute atomic E-state index is 0.185. The van der Waals surface area contributed by atoms with Crippen molar-refractivity contribution in [1.82, 2.24) is 5.32 Å². The molecule has 1 heterocycles. The minimum Gasteiger partial charge on any atom is -0.379 e. The third-order valence-electron chi connectivity index (χ3n) is 2.00. The molecular formula is C11H23NO2. The summed E-state index contributed by atoms with van der Waals surface area (Å²) in [6.45, 7) is 8.79. The van der Waals surface area contributed by atoms with Crippen LogP contribution in [0.4, 0.5) is 0 Å². The molecule has 1 aliphatic heterocycles. The molecule has 0 spiro atoms. The zero-order valence-electron chi connectivity index (χ0n) is 9.80. The first-order valence-corrected chi connectivity index (χ1v) is 5.59. The molecular weight excluding hydrogens is 178 g/mol. The molecule has 1 unspecified atom stereocenters. The smallest absolute Gasteiger partial charge is 0.220 e. The number of nitrogens with one attached hydrogen (secondary N) is 1. The molecule has 84 valence electrons. The van der Waals surface area contributed by atoms with E-state index in [2.05, 4.69) is 5.32 Å². The van der Waals surface area contributed by atoms with Gasteiger partial charge < -0.3 is 10.1 Å². The van der Waals surface area contributed by atoms with E-state index < -0.39 is 0 Å². The van der Waals surface area contributed by atoms with Crippen LogP contribution in [0, 0.1) is 0 Å². The molecule has 0 aliphatic carbocycles. The predicted molar refractivity (Wildman–Crippen MR) is 58.2 cm³/mol. The zero-order valence-corrected chi connectivity index (χ0v) is 9.80. The molecule has 3 nitrogen and oxygen atoms in total. The van der Waals surface area contributed by atoms with Gasteiger partial charge in [0.2, 0.25) is 5.91 Å². The van der Waals surface area contributed by atoms with Crippen molar-refractivity contribution in [3.8, 4) is 0 Å². The van der Waals surface area contributed by atoms with Gasteiger partial charge in [0, 0.05) is 19.1 Å². The lowest BCUT2D eigenvalue weighted by Gasteiger charge is -2.11. The predicted octanol–water partition coefficient (Wildman–Crippen LogP) is 2.11. The van der Waals surface area contributed by atoms with Crippen LogP contribution < -0.4 is 5.32 Å². The maximum Gasteiger partial charge on any atom is 0.220 e. The Morgan fingerprint density at radius 1 is 1.50 bits per heavy atom. The third-order valence-corrected chi connectivity index (χ3v) is 2.00. The molecule has 14 heavy (non-hydrogen) atoms. The van der Waals surface area contributed by atoms with Gasteiger partial charge in [0.25, 0.3) is 0 Å². The normalized spacial score (nSPS) is 20.4. The lowest BCUT2D eigenvalue weighted by molar-refractivity contribution is -0.119. The van der Waals surface area contributed by atoms with Gasteiger partial charge in [-0.2, -0.15) is 0 Å². The first-order valence-electron chi connectivity index (χ1n) is 5.59. The number of hydrogen-bond acceptors (Lipinski definition) is 2. The van der Waals surface area contributed by atoms with Gasteiger partial charge in [-0.1, -0.05) is 13.8 Å². The van der Waals surface area contributed by atoms with Crippen LogP contribution in [-0.4, -0.2) is 24.7 Å². The van der Waals surface area contributed by atoms with E-state index in [4.69, 9.17) is 4.74 Å². The number of ether oxygens (including phenoxy) is 1. The van der Waals surface area contributed by atoms with E-state index in [0.29, 0.717) is 18.6 Å². The quantitative estimate of drug-likeness (QED) is 0.756. The van der Waals surface area contributed by atoms with Crippen LogP contribution in [0.5, 0.6) is 0 Å². The fourth-order valence-corrected chi connectivity index (χ4v) is 1.34. The number of hydrogen-bond donors (Lipinski definition) is 1. The number of carbonyl (C=O) groups excluding carboxylic acids is 1. The summed E-state index contributed by atoms with van der Waals surface area (Å²) in [5.41, 5.74) is 0. The molecule has 1 atom stereocenters. The van der Waals surface area contributed by atoms with E-state index in [1.807, 2.05) is 27.7 Å². The first kappa shape index (κ1) is 13.4. The molecule has 1 amide bonds. The van der Waals surface area contributed by atoms with Crippen molar-refractivity contribution in [2.45, 2.75) is 59.1 Å². The molecule has 1 rings (SSSR count). The van der Waals surface area contributed by atoms with Crippen molar-refractivity contribution in [2.24, 2.45) is 0 Å². The zero-order chi connectivity index (χ0) is 11.0. The lowest BCUT2D eigenvalue weighted by Crippen LogP contribution is -2.26. The van der Waals surface area contributed by atoms with Crippen molar-refractivity contribution in [2.75, 3.05) is 6.61 Å². The third kappa shape index (κ3) is 5.97. The van der Waals surface area contributed by atoms with Gasteiger partial charge in [-0.25, -0.2) is 0 Å². The van der Waals surface area contributed by atoms with Crippen molar-refractivity contribution in [3.05, 3.63) is 0 Å². The molecule has 0 aromatic rings. The molecule has 1 fully saturated rings. The van der Waals surface area contributed by atoms with E-state index in [-0.39, 0.29) is 5.91 Å². The summed E-state index contributed by atoms with van der Waals surface area (Å²) < 4.78 is 5.39. The molecule has 1 saturated heterocycles. The van der Waals surface area contributed by atoms with E-state index in [1.54, 1.807) is 0 Å². The molecule has 0 aromatic carbocycles. The van der Waals surface area contributed by atoms with Crippen LogP contribution in [-0.2, 0) is 9.53 Å². The van der Waals surface area contributed by atoms with Gasteiger partial charge in [0.15, 0.2) is 0 Å². The molecule has 0 radical (unpaired) electrons. The summed E-state index contributed by atoms with van der Waals surface area (Å²) in [5.74, 6) is 0.185. The molecule has 0 bridgehead atoms. The minimum atomic E-state index is 0.185. The SMILES string of the molecule is CC.CC(C)OCCC1CCC(=O)N1. The van der Waals surface area contributed by atoms with Gasteiger partial charge in [-0.15, -0.1) is 0 Å². The standard InChI is InChI=1S/C9H17NO2.C2H6/c1-7(2)12-6-5-8-3-4-9(11)10-8;1-2/h7-8H,3-6H2,1-2H3,(H,10,11);1-2H3. The summed E-state index contributed by atoms with van der Waals surface area (Å²) in [7, 11) is 0. The van der Waals surface area contributed by atoms with E-state index in [1.165, 1.54) is 0 Å². The number of amides is 1. The van der Waals surface area contributed by atoms with Crippen LogP contribution in [0.25, 0.3) is 0 Å². The van der Waals surface area contributed by atoms with E-state index in [0.717, 1.165) is 19.4 Å². The van der Waals surface area contributed by atoms with Gasteiger partial charge in [-0.3, -0.25) is 4.79 Å². The summed E-state index contributed by atoms with van der Waals surface area (Å²) >= 11 is 0. The van der Waals surface area contributed by atoms with Crippen LogP contribution in [0.2, 0.25) is 0 Å². The van der Waals surface area contributed by atoms with Crippen molar-refractivity contribution in [1.29, 1.82) is 0 Å². The highest BCUT2D eigenvalue weighted by atomic mass is 16.5. The van der Waals surface area contributed by atoms with Crippen molar-refractivity contribution >= 4 is 5.91 Å². The highest BCUT2D eigenvalue weighted by Gasteiger charge is 2.19. The highest BCUT2D eigenvalue weighted by molar-refractivity contribution is 5.78. The molecule has 0 saturated carbocycles. The van der Waals surface area contributed by atoms with Gasteiger partial charge >= 0.3 is 0 Å². The van der Waals surface area contributed by atoms with Crippen molar-refractivity contribution < 1.29 is 9.53 Å². The largest absolute Gasteiger partial charge is 0.379 e. The fraction of sp³-hybridized carbons (Fsp3) is 0.909. The summed E-state index contributed by atoms with van der Waals surface area (Å²) in [5, 5.41) is 2.91. The molecule has 0 aromatic heterocycles. The Labute approximate surface area is 87.2 Å². The monoisotopic (exact) mass is 201 g/mol. The van der Waals surface area contributed by atoms with Crippen molar-refractivity contribution in [3.63, 3.8) is 0 Å². The molecule has 1 N–H and O–H groups in total. The Morgan fingerprint density at radius 3 is 2.57 bits per heavy atom. The topological polar surface area (TPSA) is 38.3 Å². The summed E-state index contributed by atoms with van der Waals surface area (Å²) in [6, 6.07) is 0.358. The van der Waals surface area contributed by atoms with Gasteiger partial charge in [0.05, 0.1) is 6.10 Å². The Hall–Kier alpha value is -0.570. The highest BCUT2D eigenvalue weighted by Crippen LogP contribution is 2.10. The van der Waals surface area contributed by atoms with Gasteiger partial charge in [-0.05, 0) is 26.7 Å². The van der Waals surface area contributed by atoms with Gasteiger partial charge in [0.1, 0.15) is 0 Å². The average Bonchev–Trinajstić information content (AvgIpc) is 2.54. The second-order valence-electron chi connectivity index (χ2n) is 3.51. The molecule has 3 heteroatoms. The van der Waals surface area contributed by atoms with Crippen LogP contribution >= 0.6 is 0 Å². The average molecular weight is 201 g/mol. The van der Waals surface area contributed by atoms with Crippen LogP contribution in [0.15, 0.2) is 0 Å². The van der Waals surface area contributed by atoms with Crippen LogP contribution in [0.3, 0.4) is 0 Å². The fourth-order valence-electron chi connectivity index (χ4n) is 1.34. The van der Waals surface area contributed by atoms with E-state index >= 15 is 0 Å². The van der Waals surface area contributed by atoms with Crippen LogP contribution in [0.1, 0.15) is 47.0 Å². The Kier molecular flexibility index (Phi) is 7.48. The summed E-state index contributed by atoms with van der Waals surface area (Å²) in [6.07, 6.45) is 2.90.